The number of ether oxygens (including phenoxy) is 1. The maximum atomic E-state index is 6.21. The zero-order chi connectivity index (χ0) is 12.3. The molecule has 2 aliphatic rings. The van der Waals surface area contributed by atoms with Gasteiger partial charge in [-0.25, -0.2) is 0 Å². The van der Waals surface area contributed by atoms with Gasteiger partial charge in [-0.05, 0) is 25.9 Å². The molecule has 2 N–H and O–H groups in total. The molecule has 0 spiro atoms. The zero-order valence-electron chi connectivity index (χ0n) is 11.3. The second-order valence-electron chi connectivity index (χ2n) is 5.25. The van der Waals surface area contributed by atoms with Crippen molar-refractivity contribution in [3.63, 3.8) is 0 Å². The highest BCUT2D eigenvalue weighted by atomic mass is 16.5. The summed E-state index contributed by atoms with van der Waals surface area (Å²) in [7, 11) is 0. The first-order valence-electron chi connectivity index (χ1n) is 7.07. The van der Waals surface area contributed by atoms with Crippen LogP contribution >= 0.6 is 0 Å². The van der Waals surface area contributed by atoms with Crippen LogP contribution in [0.1, 0.15) is 26.7 Å². The summed E-state index contributed by atoms with van der Waals surface area (Å²) < 4.78 is 5.58. The predicted molar refractivity (Wildman–Crippen MR) is 70.1 cm³/mol. The molecule has 4 nitrogen and oxygen atoms in total. The van der Waals surface area contributed by atoms with Crippen LogP contribution in [0.4, 0.5) is 0 Å². The van der Waals surface area contributed by atoms with Crippen molar-refractivity contribution < 1.29 is 4.74 Å². The lowest BCUT2D eigenvalue weighted by Crippen LogP contribution is -2.53. The molecule has 100 valence electrons. The maximum absolute atomic E-state index is 6.21. The van der Waals surface area contributed by atoms with Crippen molar-refractivity contribution in [2.75, 3.05) is 39.4 Å². The monoisotopic (exact) mass is 241 g/mol. The standard InChI is InChI=1S/C13H27N3O/c1-3-15(4-2)11-5-7-16(9-11)13-10-17-8-6-12(13)14/h11-13H,3-10,14H2,1-2H3. The summed E-state index contributed by atoms with van der Waals surface area (Å²) in [5.41, 5.74) is 6.21. The Kier molecular flexibility index (Phi) is 4.79. The molecule has 0 bridgehead atoms. The molecular formula is C13H27N3O. The SMILES string of the molecule is CCN(CC)C1CCN(C2COCCC2N)C1. The largest absolute Gasteiger partial charge is 0.380 e. The number of likely N-dealkylation sites (tertiary alicyclic amines) is 1. The minimum atomic E-state index is 0.305. The summed E-state index contributed by atoms with van der Waals surface area (Å²) in [4.78, 5) is 5.11. The highest BCUT2D eigenvalue weighted by Gasteiger charge is 2.34. The molecule has 0 amide bonds. The normalized spacial score (nSPS) is 35.6. The van der Waals surface area contributed by atoms with Crippen LogP contribution in [0.5, 0.6) is 0 Å². The van der Waals surface area contributed by atoms with Crippen molar-refractivity contribution in [3.05, 3.63) is 0 Å². The van der Waals surface area contributed by atoms with E-state index < -0.39 is 0 Å². The Bertz CT molecular complexity index is 233. The number of likely N-dealkylation sites (N-methyl/N-ethyl adjacent to an activating group) is 1. The van der Waals surface area contributed by atoms with Crippen molar-refractivity contribution in [2.24, 2.45) is 5.73 Å². The second kappa shape index (κ2) is 6.14. The van der Waals surface area contributed by atoms with E-state index in [4.69, 9.17) is 10.5 Å². The van der Waals surface area contributed by atoms with Crippen LogP contribution in [0.2, 0.25) is 0 Å². The van der Waals surface area contributed by atoms with Gasteiger partial charge in [-0.15, -0.1) is 0 Å². The molecule has 4 heteroatoms. The molecule has 2 saturated heterocycles. The predicted octanol–water partition coefficient (Wildman–Crippen LogP) is 0.519. The molecule has 0 aromatic heterocycles. The number of rotatable bonds is 4. The minimum Gasteiger partial charge on any atom is -0.380 e. The third-order valence-corrected chi connectivity index (χ3v) is 4.37. The molecule has 2 rings (SSSR count). The highest BCUT2D eigenvalue weighted by molar-refractivity contribution is 4.92. The molecule has 0 radical (unpaired) electrons. The topological polar surface area (TPSA) is 41.7 Å². The Morgan fingerprint density at radius 1 is 1.29 bits per heavy atom. The second-order valence-corrected chi connectivity index (χ2v) is 5.25. The van der Waals surface area contributed by atoms with Crippen molar-refractivity contribution in [1.82, 2.24) is 9.80 Å². The number of hydrogen-bond donors (Lipinski definition) is 1. The molecule has 2 heterocycles. The van der Waals surface area contributed by atoms with Crippen molar-refractivity contribution in [2.45, 2.75) is 44.8 Å². The summed E-state index contributed by atoms with van der Waals surface area (Å²) in [6, 6.07) is 1.47. The summed E-state index contributed by atoms with van der Waals surface area (Å²) >= 11 is 0. The van der Waals surface area contributed by atoms with Crippen LogP contribution in [0, 0.1) is 0 Å². The Morgan fingerprint density at radius 2 is 2.06 bits per heavy atom. The van der Waals surface area contributed by atoms with Gasteiger partial charge in [0.15, 0.2) is 0 Å². The van der Waals surface area contributed by atoms with Crippen molar-refractivity contribution >= 4 is 0 Å². The fourth-order valence-corrected chi connectivity index (χ4v) is 3.22. The van der Waals surface area contributed by atoms with E-state index in [1.165, 1.54) is 19.5 Å². The van der Waals surface area contributed by atoms with Gasteiger partial charge in [-0.2, -0.15) is 0 Å². The summed E-state index contributed by atoms with van der Waals surface area (Å²) in [6.45, 7) is 10.8. The number of hydrogen-bond acceptors (Lipinski definition) is 4. The summed E-state index contributed by atoms with van der Waals surface area (Å²) in [5, 5.41) is 0. The molecule has 0 aliphatic carbocycles. The molecule has 3 unspecified atom stereocenters. The average molecular weight is 241 g/mol. The van der Waals surface area contributed by atoms with Gasteiger partial charge < -0.3 is 10.5 Å². The highest BCUT2D eigenvalue weighted by Crippen LogP contribution is 2.21. The van der Waals surface area contributed by atoms with Gasteiger partial charge in [-0.3, -0.25) is 9.80 Å². The van der Waals surface area contributed by atoms with Crippen LogP contribution in [-0.4, -0.2) is 67.3 Å². The summed E-state index contributed by atoms with van der Waals surface area (Å²) in [6.07, 6.45) is 2.29. The third-order valence-electron chi connectivity index (χ3n) is 4.37. The van der Waals surface area contributed by atoms with Gasteiger partial charge in [0.05, 0.1) is 6.61 Å². The third kappa shape index (κ3) is 2.99. The minimum absolute atomic E-state index is 0.305. The molecule has 0 aromatic rings. The van der Waals surface area contributed by atoms with Crippen LogP contribution in [0.15, 0.2) is 0 Å². The molecule has 2 fully saturated rings. The summed E-state index contributed by atoms with van der Waals surface area (Å²) in [5.74, 6) is 0. The number of nitrogens with two attached hydrogens (primary N) is 1. The lowest BCUT2D eigenvalue weighted by molar-refractivity contribution is 0.0120. The fraction of sp³-hybridized carbons (Fsp3) is 1.00. The smallest absolute Gasteiger partial charge is 0.0636 e. The lowest BCUT2D eigenvalue weighted by atomic mass is 10.0. The van der Waals surface area contributed by atoms with Crippen molar-refractivity contribution in [1.29, 1.82) is 0 Å². The Morgan fingerprint density at radius 3 is 2.71 bits per heavy atom. The van der Waals surface area contributed by atoms with E-state index >= 15 is 0 Å². The van der Waals surface area contributed by atoms with E-state index in [0.29, 0.717) is 12.1 Å². The van der Waals surface area contributed by atoms with Gasteiger partial charge in [0.25, 0.3) is 0 Å². The molecule has 0 saturated carbocycles. The molecule has 17 heavy (non-hydrogen) atoms. The van der Waals surface area contributed by atoms with Gasteiger partial charge in [0, 0.05) is 37.8 Å². The Labute approximate surface area is 105 Å². The van der Waals surface area contributed by atoms with E-state index in [9.17, 15) is 0 Å². The molecular weight excluding hydrogens is 214 g/mol. The Balaban J connectivity index is 1.88. The molecule has 0 aromatic carbocycles. The molecule has 3 atom stereocenters. The lowest BCUT2D eigenvalue weighted by Gasteiger charge is -2.36. The number of nitrogens with zero attached hydrogens (tertiary/aromatic N) is 2. The van der Waals surface area contributed by atoms with Crippen LogP contribution in [0.25, 0.3) is 0 Å². The van der Waals surface area contributed by atoms with Crippen LogP contribution in [-0.2, 0) is 4.74 Å². The maximum Gasteiger partial charge on any atom is 0.0636 e. The van der Waals surface area contributed by atoms with Gasteiger partial charge in [0.1, 0.15) is 0 Å². The Hall–Kier alpha value is -0.160. The van der Waals surface area contributed by atoms with E-state index in [1.807, 2.05) is 0 Å². The van der Waals surface area contributed by atoms with E-state index in [2.05, 4.69) is 23.6 Å². The quantitative estimate of drug-likeness (QED) is 0.779. The van der Waals surface area contributed by atoms with E-state index in [1.54, 1.807) is 0 Å². The van der Waals surface area contributed by atoms with Crippen LogP contribution in [0.3, 0.4) is 0 Å². The average Bonchev–Trinajstić information content (AvgIpc) is 2.81. The van der Waals surface area contributed by atoms with Gasteiger partial charge >= 0.3 is 0 Å². The van der Waals surface area contributed by atoms with Gasteiger partial charge in [0.2, 0.25) is 0 Å². The first-order valence-corrected chi connectivity index (χ1v) is 7.07. The van der Waals surface area contributed by atoms with Crippen LogP contribution < -0.4 is 5.73 Å². The first kappa shape index (κ1) is 13.3. The van der Waals surface area contributed by atoms with Crippen molar-refractivity contribution in [3.8, 4) is 0 Å². The zero-order valence-corrected chi connectivity index (χ0v) is 11.3. The fourth-order valence-electron chi connectivity index (χ4n) is 3.22. The van der Waals surface area contributed by atoms with E-state index in [0.717, 1.165) is 38.8 Å². The van der Waals surface area contributed by atoms with E-state index in [-0.39, 0.29) is 0 Å². The first-order chi connectivity index (χ1) is 8.26. The van der Waals surface area contributed by atoms with Gasteiger partial charge in [-0.1, -0.05) is 13.8 Å². The molecule has 2 aliphatic heterocycles.